The van der Waals surface area contributed by atoms with Gasteiger partial charge in [-0.1, -0.05) is 0 Å². The summed E-state index contributed by atoms with van der Waals surface area (Å²) in [5.41, 5.74) is 3.52. The van der Waals surface area contributed by atoms with Gasteiger partial charge in [-0.3, -0.25) is 9.78 Å². The summed E-state index contributed by atoms with van der Waals surface area (Å²) in [5.74, 6) is -0.129. The lowest BCUT2D eigenvalue weighted by Gasteiger charge is -2.17. The van der Waals surface area contributed by atoms with E-state index in [9.17, 15) is 4.79 Å². The summed E-state index contributed by atoms with van der Waals surface area (Å²) in [6.07, 6.45) is 8.28. The first-order valence-corrected chi connectivity index (χ1v) is 8.66. The van der Waals surface area contributed by atoms with Crippen molar-refractivity contribution in [3.63, 3.8) is 0 Å². The first kappa shape index (κ1) is 15.0. The molecule has 0 unspecified atom stereocenters. The second kappa shape index (κ2) is 6.51. The van der Waals surface area contributed by atoms with Gasteiger partial charge in [0.2, 0.25) is 0 Å². The number of nitrogens with one attached hydrogen (secondary N) is 2. The molecule has 1 aromatic carbocycles. The van der Waals surface area contributed by atoms with Crippen molar-refractivity contribution in [2.24, 2.45) is 0 Å². The van der Waals surface area contributed by atoms with E-state index >= 15 is 0 Å². The summed E-state index contributed by atoms with van der Waals surface area (Å²) in [4.78, 5) is 19.0. The number of aromatic nitrogens is 1. The first-order valence-electron chi connectivity index (χ1n) is 8.66. The van der Waals surface area contributed by atoms with E-state index in [-0.39, 0.29) is 5.91 Å². The summed E-state index contributed by atoms with van der Waals surface area (Å²) in [5, 5.41) is 6.31. The molecule has 5 heteroatoms. The van der Waals surface area contributed by atoms with Crippen molar-refractivity contribution in [2.45, 2.75) is 31.7 Å². The number of hydrogen-bond acceptors (Lipinski definition) is 4. The van der Waals surface area contributed by atoms with Crippen molar-refractivity contribution in [1.82, 2.24) is 4.98 Å². The van der Waals surface area contributed by atoms with E-state index in [0.717, 1.165) is 24.5 Å². The summed E-state index contributed by atoms with van der Waals surface area (Å²) in [6, 6.07) is 10.5. The molecule has 1 saturated carbocycles. The minimum absolute atomic E-state index is 0.129. The number of nitrogens with zero attached hydrogens (tertiary/aromatic N) is 2. The van der Waals surface area contributed by atoms with Crippen molar-refractivity contribution >= 4 is 23.0 Å². The molecule has 2 fully saturated rings. The molecule has 5 nitrogen and oxygen atoms in total. The molecule has 0 atom stereocenters. The first-order chi connectivity index (χ1) is 11.8. The van der Waals surface area contributed by atoms with Crippen LogP contribution in [0.15, 0.2) is 42.7 Å². The molecule has 1 saturated heterocycles. The van der Waals surface area contributed by atoms with Crippen molar-refractivity contribution < 1.29 is 4.79 Å². The lowest BCUT2D eigenvalue weighted by Crippen LogP contribution is -2.17. The van der Waals surface area contributed by atoms with E-state index in [4.69, 9.17) is 0 Å². The highest BCUT2D eigenvalue weighted by molar-refractivity contribution is 6.04. The molecule has 24 heavy (non-hydrogen) atoms. The van der Waals surface area contributed by atoms with Crippen LogP contribution in [0.5, 0.6) is 0 Å². The van der Waals surface area contributed by atoms with Crippen molar-refractivity contribution in [1.29, 1.82) is 0 Å². The fourth-order valence-electron chi connectivity index (χ4n) is 3.04. The highest BCUT2D eigenvalue weighted by Gasteiger charge is 2.21. The molecule has 1 aliphatic heterocycles. The third-order valence-corrected chi connectivity index (χ3v) is 4.54. The molecule has 1 amide bonds. The largest absolute Gasteiger partial charge is 0.381 e. The zero-order valence-electron chi connectivity index (χ0n) is 13.7. The third kappa shape index (κ3) is 3.50. The van der Waals surface area contributed by atoms with Crippen LogP contribution in [-0.4, -0.2) is 30.0 Å². The van der Waals surface area contributed by atoms with Crippen LogP contribution in [0.1, 0.15) is 36.0 Å². The predicted octanol–water partition coefficient (Wildman–Crippen LogP) is 3.51. The lowest BCUT2D eigenvalue weighted by atomic mass is 10.2. The molecule has 1 aromatic heterocycles. The predicted molar refractivity (Wildman–Crippen MR) is 96.7 cm³/mol. The lowest BCUT2D eigenvalue weighted by molar-refractivity contribution is 0.102. The Labute approximate surface area is 142 Å². The van der Waals surface area contributed by atoms with Crippen LogP contribution in [0.25, 0.3) is 0 Å². The number of pyridine rings is 1. The minimum atomic E-state index is -0.129. The van der Waals surface area contributed by atoms with Crippen LogP contribution < -0.4 is 15.5 Å². The molecule has 0 bridgehead atoms. The number of amides is 1. The van der Waals surface area contributed by atoms with Gasteiger partial charge in [0.1, 0.15) is 0 Å². The van der Waals surface area contributed by atoms with E-state index in [1.807, 2.05) is 18.2 Å². The Hall–Kier alpha value is -2.56. The number of anilines is 3. The quantitative estimate of drug-likeness (QED) is 0.884. The molecule has 2 N–H and O–H groups in total. The Bertz CT molecular complexity index is 718. The van der Waals surface area contributed by atoms with Gasteiger partial charge in [-0.25, -0.2) is 0 Å². The van der Waals surface area contributed by atoms with Gasteiger partial charge in [0, 0.05) is 42.9 Å². The Morgan fingerprint density at radius 1 is 1.04 bits per heavy atom. The zero-order valence-corrected chi connectivity index (χ0v) is 13.7. The molecular weight excluding hydrogens is 300 g/mol. The number of rotatable bonds is 5. The standard InChI is InChI=1S/C19H22N4O/c24-19(14-11-17(13-20-12-14)21-15-3-4-15)22-16-5-7-18(8-6-16)23-9-1-2-10-23/h5-8,11-13,15,21H,1-4,9-10H2,(H,22,24). The SMILES string of the molecule is O=C(Nc1ccc(N2CCCC2)cc1)c1cncc(NC2CC2)c1. The van der Waals surface area contributed by atoms with Gasteiger partial charge < -0.3 is 15.5 Å². The molecule has 0 spiro atoms. The summed E-state index contributed by atoms with van der Waals surface area (Å²) in [6.45, 7) is 2.25. The molecular formula is C19H22N4O. The molecule has 4 rings (SSSR count). The average Bonchev–Trinajstić information content (AvgIpc) is 3.25. The molecule has 2 heterocycles. The van der Waals surface area contributed by atoms with Crippen molar-refractivity contribution in [3.8, 4) is 0 Å². The van der Waals surface area contributed by atoms with Gasteiger partial charge in [0.25, 0.3) is 5.91 Å². The number of carbonyl (C=O) groups is 1. The summed E-state index contributed by atoms with van der Waals surface area (Å²) in [7, 11) is 0. The maximum absolute atomic E-state index is 12.4. The highest BCUT2D eigenvalue weighted by atomic mass is 16.1. The van der Waals surface area contributed by atoms with E-state index in [1.165, 1.54) is 31.4 Å². The molecule has 2 aromatic rings. The normalized spacial score (nSPS) is 16.9. The molecule has 0 radical (unpaired) electrons. The van der Waals surface area contributed by atoms with Gasteiger partial charge in [-0.05, 0) is 56.0 Å². The van der Waals surface area contributed by atoms with E-state index in [0.29, 0.717) is 11.6 Å². The van der Waals surface area contributed by atoms with E-state index in [1.54, 1.807) is 12.4 Å². The van der Waals surface area contributed by atoms with Crippen molar-refractivity contribution in [2.75, 3.05) is 28.6 Å². The minimum Gasteiger partial charge on any atom is -0.381 e. The second-order valence-electron chi connectivity index (χ2n) is 6.58. The molecule has 124 valence electrons. The Morgan fingerprint density at radius 2 is 1.79 bits per heavy atom. The number of carbonyl (C=O) groups excluding carboxylic acids is 1. The third-order valence-electron chi connectivity index (χ3n) is 4.54. The van der Waals surface area contributed by atoms with Crippen LogP contribution >= 0.6 is 0 Å². The second-order valence-corrected chi connectivity index (χ2v) is 6.58. The maximum Gasteiger partial charge on any atom is 0.257 e. The van der Waals surface area contributed by atoms with Crippen LogP contribution in [0.3, 0.4) is 0 Å². The van der Waals surface area contributed by atoms with Gasteiger partial charge in [-0.2, -0.15) is 0 Å². The molecule has 1 aliphatic carbocycles. The van der Waals surface area contributed by atoms with E-state index < -0.39 is 0 Å². The Balaban J connectivity index is 1.41. The Morgan fingerprint density at radius 3 is 2.50 bits per heavy atom. The summed E-state index contributed by atoms with van der Waals surface area (Å²) < 4.78 is 0. The number of benzene rings is 1. The zero-order chi connectivity index (χ0) is 16.4. The smallest absolute Gasteiger partial charge is 0.257 e. The Kier molecular flexibility index (Phi) is 4.07. The maximum atomic E-state index is 12.4. The van der Waals surface area contributed by atoms with Gasteiger partial charge in [0.15, 0.2) is 0 Å². The van der Waals surface area contributed by atoms with E-state index in [2.05, 4.69) is 32.7 Å². The monoisotopic (exact) mass is 322 g/mol. The topological polar surface area (TPSA) is 57.3 Å². The molecule has 2 aliphatic rings. The van der Waals surface area contributed by atoms with Crippen LogP contribution in [0.2, 0.25) is 0 Å². The fourth-order valence-corrected chi connectivity index (χ4v) is 3.04. The van der Waals surface area contributed by atoms with Gasteiger partial charge in [-0.15, -0.1) is 0 Å². The van der Waals surface area contributed by atoms with Gasteiger partial charge >= 0.3 is 0 Å². The van der Waals surface area contributed by atoms with Gasteiger partial charge in [0.05, 0.1) is 11.3 Å². The van der Waals surface area contributed by atoms with Crippen LogP contribution in [-0.2, 0) is 0 Å². The van der Waals surface area contributed by atoms with Crippen molar-refractivity contribution in [3.05, 3.63) is 48.3 Å². The van der Waals surface area contributed by atoms with Crippen LogP contribution in [0, 0.1) is 0 Å². The average molecular weight is 322 g/mol. The fraction of sp³-hybridized carbons (Fsp3) is 0.368. The summed E-state index contributed by atoms with van der Waals surface area (Å²) >= 11 is 0. The highest BCUT2D eigenvalue weighted by Crippen LogP contribution is 2.25. The number of hydrogen-bond donors (Lipinski definition) is 2. The van der Waals surface area contributed by atoms with Crippen LogP contribution in [0.4, 0.5) is 17.1 Å².